The molecule has 4 heterocycles. The number of hydrogen-bond donors (Lipinski definition) is 12. The van der Waals surface area contributed by atoms with Gasteiger partial charge in [0, 0.05) is 39.1 Å². The number of aliphatic hydroxyl groups excluding tert-OH is 12. The first-order valence-corrected chi connectivity index (χ1v) is 23.6. The van der Waals surface area contributed by atoms with Crippen molar-refractivity contribution in [3.05, 3.63) is 12.2 Å². The van der Waals surface area contributed by atoms with E-state index in [1.807, 2.05) is 0 Å². The van der Waals surface area contributed by atoms with Crippen LogP contribution in [-0.2, 0) is 47.4 Å². The van der Waals surface area contributed by atoms with Crippen LogP contribution in [0.5, 0.6) is 0 Å². The van der Waals surface area contributed by atoms with Crippen molar-refractivity contribution in [3.63, 3.8) is 0 Å². The van der Waals surface area contributed by atoms with Crippen LogP contribution in [0.4, 0.5) is 0 Å². The van der Waals surface area contributed by atoms with Gasteiger partial charge in [-0.3, -0.25) is 0 Å². The van der Waals surface area contributed by atoms with E-state index in [0.29, 0.717) is 38.5 Å². The fourth-order valence-electron chi connectivity index (χ4n) is 11.0. The molecule has 7 fully saturated rings. The molecule has 7 rings (SSSR count). The van der Waals surface area contributed by atoms with Crippen molar-refractivity contribution in [1.82, 2.24) is 0 Å². The molecule has 386 valence electrons. The highest BCUT2D eigenvalue weighted by atomic mass is 16.7. The number of esters is 1. The van der Waals surface area contributed by atoms with Gasteiger partial charge in [-0.25, -0.2) is 4.79 Å². The maximum absolute atomic E-state index is 12.7. The fraction of sp³-hybridized carbons (Fsp3) is 0.932. The molecular weight excluding hydrogens is 896 g/mol. The molecule has 23 heteroatoms. The van der Waals surface area contributed by atoms with Crippen molar-refractivity contribution in [1.29, 1.82) is 0 Å². The van der Waals surface area contributed by atoms with Crippen molar-refractivity contribution in [2.24, 2.45) is 17.8 Å². The zero-order chi connectivity index (χ0) is 48.4. The van der Waals surface area contributed by atoms with Crippen molar-refractivity contribution in [2.45, 2.75) is 212 Å². The van der Waals surface area contributed by atoms with Gasteiger partial charge < -0.3 is 109 Å². The second-order valence-corrected chi connectivity index (χ2v) is 19.4. The van der Waals surface area contributed by atoms with Crippen molar-refractivity contribution >= 4 is 5.97 Å². The van der Waals surface area contributed by atoms with Crippen LogP contribution in [0.2, 0.25) is 0 Å². The normalized spacial score (nSPS) is 51.0. The minimum atomic E-state index is -1.84. The summed E-state index contributed by atoms with van der Waals surface area (Å²) in [4.78, 5) is 12.7. The molecule has 23 atom stereocenters. The molecule has 13 N–H and O–H groups in total. The lowest BCUT2D eigenvalue weighted by Crippen LogP contribution is -2.65. The average molecular weight is 970 g/mol. The van der Waals surface area contributed by atoms with Gasteiger partial charge in [0.15, 0.2) is 37.2 Å². The predicted octanol–water partition coefficient (Wildman–Crippen LogP) is -4.89. The molecule has 23 nitrogen and oxygen atoms in total. The van der Waals surface area contributed by atoms with E-state index in [4.69, 9.17) is 47.4 Å². The molecule has 0 amide bonds. The highest BCUT2D eigenvalue weighted by Crippen LogP contribution is 2.44. The highest BCUT2D eigenvalue weighted by Gasteiger charge is 2.58. The van der Waals surface area contributed by atoms with Gasteiger partial charge in [0.25, 0.3) is 0 Å². The molecule has 0 bridgehead atoms. The molecule has 7 aliphatic rings. The van der Waals surface area contributed by atoms with Crippen LogP contribution in [0.15, 0.2) is 12.2 Å². The lowest BCUT2D eigenvalue weighted by atomic mass is 9.72. The molecule has 3 saturated carbocycles. The first kappa shape index (κ1) is 53.2. The van der Waals surface area contributed by atoms with Gasteiger partial charge in [0.05, 0.1) is 55.8 Å². The van der Waals surface area contributed by atoms with E-state index in [1.54, 1.807) is 6.08 Å². The molecule has 4 saturated heterocycles. The van der Waals surface area contributed by atoms with E-state index in [2.05, 4.69) is 0 Å². The molecule has 0 spiro atoms. The predicted molar refractivity (Wildman–Crippen MR) is 223 cm³/mol. The molecule has 8 unspecified atom stereocenters. The Labute approximate surface area is 388 Å². The number of carbonyl (C=O) groups is 1. The van der Waals surface area contributed by atoms with E-state index in [0.717, 1.165) is 0 Å². The zero-order valence-electron chi connectivity index (χ0n) is 37.9. The van der Waals surface area contributed by atoms with Gasteiger partial charge in [0.2, 0.25) is 0 Å². The number of allylic oxidation sites excluding steroid dienone is 1. The third-order valence-corrected chi connectivity index (χ3v) is 15.0. The summed E-state index contributed by atoms with van der Waals surface area (Å²) in [6, 6.07) is 0. The SMILES string of the molecule is COC1CC(C2[OH+]C3CC(O)CC(O[C@@H]4O[C@H](CO)[C@@H](O)[C@H](O)[C@H]4O)C3CC2O[C@@H]2O[C@H](CO[C@@H]3O[C@@H](C)[C@H](OC(=O)C=CC4CCC(O)CC4)[C@@H](O)[C@H]3O)[C@@H](O)[C@H](O)[C@H]2O)CC(OC)C1O. The molecule has 4 aliphatic heterocycles. The number of aliphatic hydroxyl groups is 14. The first-order chi connectivity index (χ1) is 31.9. The number of fused-ring (bicyclic) bond motifs is 1. The number of rotatable bonds is 14. The summed E-state index contributed by atoms with van der Waals surface area (Å²) in [7, 11) is 2.92. The topological polar surface area (TPSA) is 356 Å². The van der Waals surface area contributed by atoms with Gasteiger partial charge in [-0.05, 0) is 57.8 Å². The van der Waals surface area contributed by atoms with Crippen molar-refractivity contribution in [2.75, 3.05) is 27.4 Å². The van der Waals surface area contributed by atoms with Gasteiger partial charge in [-0.2, -0.15) is 0 Å². The minimum absolute atomic E-state index is 0.0403. The number of ether oxygens (including phenoxy) is 10. The summed E-state index contributed by atoms with van der Waals surface area (Å²) >= 11 is 0. The summed E-state index contributed by atoms with van der Waals surface area (Å²) in [5, 5.41) is 129. The van der Waals surface area contributed by atoms with E-state index in [9.17, 15) is 66.1 Å². The Kier molecular flexibility index (Phi) is 18.5. The van der Waals surface area contributed by atoms with E-state index < -0.39 is 166 Å². The Morgan fingerprint density at radius 3 is 1.81 bits per heavy atom. The monoisotopic (exact) mass is 969 g/mol. The lowest BCUT2D eigenvalue weighted by Gasteiger charge is -2.50. The first-order valence-electron chi connectivity index (χ1n) is 23.6. The largest absolute Gasteiger partial charge is 0.454 e. The summed E-state index contributed by atoms with van der Waals surface area (Å²) in [6.45, 7) is 0.260. The van der Waals surface area contributed by atoms with Gasteiger partial charge >= 0.3 is 5.97 Å². The second kappa shape index (κ2) is 23.3. The average Bonchev–Trinajstić information content (AvgIpc) is 3.31. The van der Waals surface area contributed by atoms with E-state index in [1.165, 1.54) is 27.2 Å². The Hall–Kier alpha value is -1.63. The van der Waals surface area contributed by atoms with Gasteiger partial charge in [0.1, 0.15) is 73.2 Å². The number of hydrogen-bond acceptors (Lipinski definition) is 22. The summed E-state index contributed by atoms with van der Waals surface area (Å²) in [6.07, 6.45) is -23.5. The lowest BCUT2D eigenvalue weighted by molar-refractivity contribution is -0.371. The Balaban J connectivity index is 1.04. The van der Waals surface area contributed by atoms with Crippen molar-refractivity contribution < 1.29 is 113 Å². The molecule has 67 heavy (non-hydrogen) atoms. The van der Waals surface area contributed by atoms with Crippen LogP contribution in [0, 0.1) is 17.8 Å². The molecule has 0 radical (unpaired) electrons. The highest BCUT2D eigenvalue weighted by molar-refractivity contribution is 5.82. The Morgan fingerprint density at radius 2 is 1.19 bits per heavy atom. The van der Waals surface area contributed by atoms with Crippen LogP contribution in [-0.4, -0.2) is 246 Å². The fourth-order valence-corrected chi connectivity index (χ4v) is 11.0. The quantitative estimate of drug-likeness (QED) is 0.0441. The molecule has 0 aromatic carbocycles. The number of methoxy groups -OCH3 is 2. The van der Waals surface area contributed by atoms with Crippen LogP contribution in [0.1, 0.15) is 64.7 Å². The smallest absolute Gasteiger partial charge is 0.330 e. The van der Waals surface area contributed by atoms with Crippen LogP contribution in [0.3, 0.4) is 0 Å². The standard InChI is InChI=1S/C44H72O23/c1-17-40(67-30(48)9-6-18-4-7-20(46)8-5-18)36(54)39(57)42(61-17)60-16-29-33(51)35(53)38(56)44(66-29)64-27-14-22-23(62-41(27)19-10-25(58-2)31(49)26(11-19)59-3)12-21(47)13-24(22)63-43-37(55)34(52)32(50)28(15-45)65-43/h6,9,17-29,31-47,49-57H,4-5,7-8,10-16H2,1-3H3/p+1/t17-,18?,19?,20?,21?,22?,23?,24?,25?,26?,27?,28+,29+,31?,32+,33+,34-,35-,36-,37+,38+,39+,40-,41?,42+,43+,44+/m0/s1. The van der Waals surface area contributed by atoms with E-state index in [-0.39, 0.29) is 37.2 Å². The Bertz CT molecular complexity index is 1570. The third kappa shape index (κ3) is 12.0. The minimum Gasteiger partial charge on any atom is -0.454 e. The molecular formula is C44H73O23+. The second-order valence-electron chi connectivity index (χ2n) is 19.4. The van der Waals surface area contributed by atoms with Gasteiger partial charge in [-0.1, -0.05) is 6.08 Å². The third-order valence-electron chi connectivity index (χ3n) is 15.0. The maximum atomic E-state index is 12.7. The summed E-state index contributed by atoms with van der Waals surface area (Å²) < 4.78 is 58.0. The molecule has 0 aromatic rings. The zero-order valence-corrected chi connectivity index (χ0v) is 37.9. The van der Waals surface area contributed by atoms with E-state index >= 15 is 0 Å². The molecule has 0 aromatic heterocycles. The van der Waals surface area contributed by atoms with Crippen LogP contribution < -0.4 is 0 Å². The number of carbonyl (C=O) groups excluding carboxylic acids is 1. The summed E-state index contributed by atoms with van der Waals surface area (Å²) in [5.74, 6) is -1.59. The van der Waals surface area contributed by atoms with Crippen LogP contribution >= 0.6 is 0 Å². The van der Waals surface area contributed by atoms with Crippen molar-refractivity contribution in [3.8, 4) is 0 Å². The van der Waals surface area contributed by atoms with Crippen LogP contribution in [0.25, 0.3) is 0 Å². The maximum Gasteiger partial charge on any atom is 0.330 e. The Morgan fingerprint density at radius 1 is 0.612 bits per heavy atom. The van der Waals surface area contributed by atoms with Gasteiger partial charge in [-0.15, -0.1) is 0 Å². The summed E-state index contributed by atoms with van der Waals surface area (Å²) in [5.41, 5.74) is 0. The molecule has 3 aliphatic carbocycles.